The summed E-state index contributed by atoms with van der Waals surface area (Å²) in [5.74, 6) is -0.281. The number of fused-ring (bicyclic) bond motifs is 5. The fourth-order valence-corrected chi connectivity index (χ4v) is 5.54. The van der Waals surface area contributed by atoms with Crippen LogP contribution in [0.3, 0.4) is 0 Å². The van der Waals surface area contributed by atoms with E-state index < -0.39 is 0 Å². The second-order valence-corrected chi connectivity index (χ2v) is 8.77. The minimum atomic E-state index is -0.339. The molecular weight excluding hydrogens is 403 g/mol. The molecule has 2 aromatic carbocycles. The van der Waals surface area contributed by atoms with E-state index in [9.17, 15) is 9.18 Å². The van der Waals surface area contributed by atoms with Gasteiger partial charge in [-0.3, -0.25) is 9.88 Å². The van der Waals surface area contributed by atoms with E-state index in [2.05, 4.69) is 47.5 Å². The second-order valence-electron chi connectivity index (χ2n) is 8.77. The van der Waals surface area contributed by atoms with Crippen molar-refractivity contribution >= 4 is 11.7 Å². The summed E-state index contributed by atoms with van der Waals surface area (Å²) in [5.41, 5.74) is 6.75. The number of halogens is 1. The second kappa shape index (κ2) is 7.59. The maximum atomic E-state index is 13.2. The Morgan fingerprint density at radius 2 is 1.72 bits per heavy atom. The summed E-state index contributed by atoms with van der Waals surface area (Å²) in [6.07, 6.45) is 5.68. The molecule has 2 unspecified atom stereocenters. The lowest BCUT2D eigenvalue weighted by Crippen LogP contribution is -2.43. The van der Waals surface area contributed by atoms with E-state index in [4.69, 9.17) is 4.74 Å². The summed E-state index contributed by atoms with van der Waals surface area (Å²) in [7, 11) is 0. The van der Waals surface area contributed by atoms with Gasteiger partial charge in [-0.2, -0.15) is 0 Å². The van der Waals surface area contributed by atoms with Crippen LogP contribution in [0.25, 0.3) is 16.7 Å². The number of nitrogens with zero attached hydrogens (tertiary/aromatic N) is 2. The molecule has 1 amide bonds. The van der Waals surface area contributed by atoms with Gasteiger partial charge in [0.2, 0.25) is 0 Å². The van der Waals surface area contributed by atoms with Crippen LogP contribution < -0.4 is 0 Å². The lowest BCUT2D eigenvalue weighted by atomic mass is 9.98. The standard InChI is InChI=1S/C27H23FN2O2/c28-18-9-12-26(29-15-18)17-13-19-10-11-20(14-17)30(19)27(31)32-16-25-23-7-3-1-5-21(23)22-6-2-4-8-24(22)25/h1-9,12-13,15,19-20,25H,10-11,14,16H2. The Labute approximate surface area is 186 Å². The molecule has 160 valence electrons. The zero-order valence-corrected chi connectivity index (χ0v) is 17.6. The highest BCUT2D eigenvalue weighted by Gasteiger charge is 2.41. The fraction of sp³-hybridized carbons (Fsp3) is 0.259. The molecule has 3 aromatic rings. The molecule has 1 aromatic heterocycles. The Morgan fingerprint density at radius 3 is 2.38 bits per heavy atom. The smallest absolute Gasteiger partial charge is 0.410 e. The maximum absolute atomic E-state index is 13.2. The average molecular weight is 426 g/mol. The first-order valence-corrected chi connectivity index (χ1v) is 11.1. The van der Waals surface area contributed by atoms with Crippen LogP contribution in [0.2, 0.25) is 0 Å². The topological polar surface area (TPSA) is 42.4 Å². The molecule has 0 spiro atoms. The van der Waals surface area contributed by atoms with Gasteiger partial charge in [0.05, 0.1) is 17.9 Å². The molecule has 0 saturated carbocycles. The van der Waals surface area contributed by atoms with E-state index in [0.29, 0.717) is 6.61 Å². The first-order chi connectivity index (χ1) is 15.7. The number of rotatable bonds is 3. The lowest BCUT2D eigenvalue weighted by molar-refractivity contribution is 0.0866. The predicted molar refractivity (Wildman–Crippen MR) is 121 cm³/mol. The van der Waals surface area contributed by atoms with Crippen LogP contribution in [-0.2, 0) is 4.74 Å². The van der Waals surface area contributed by atoms with Gasteiger partial charge in [0.1, 0.15) is 12.4 Å². The highest BCUT2D eigenvalue weighted by Crippen LogP contribution is 2.45. The van der Waals surface area contributed by atoms with Crippen molar-refractivity contribution in [2.24, 2.45) is 0 Å². The molecule has 5 heteroatoms. The van der Waals surface area contributed by atoms with E-state index in [-0.39, 0.29) is 29.9 Å². The zero-order chi connectivity index (χ0) is 21.7. The van der Waals surface area contributed by atoms with Gasteiger partial charge in [0.25, 0.3) is 0 Å². The van der Waals surface area contributed by atoms with Gasteiger partial charge in [0, 0.05) is 12.0 Å². The first-order valence-electron chi connectivity index (χ1n) is 11.1. The van der Waals surface area contributed by atoms with Crippen molar-refractivity contribution in [2.45, 2.75) is 37.3 Å². The van der Waals surface area contributed by atoms with Gasteiger partial charge in [0.15, 0.2) is 0 Å². The van der Waals surface area contributed by atoms with Gasteiger partial charge >= 0.3 is 6.09 Å². The number of ether oxygens (including phenoxy) is 1. The normalized spacial score (nSPS) is 21.2. The van der Waals surface area contributed by atoms with Gasteiger partial charge in [-0.25, -0.2) is 9.18 Å². The van der Waals surface area contributed by atoms with Gasteiger partial charge in [-0.15, -0.1) is 0 Å². The molecule has 4 nitrogen and oxygen atoms in total. The lowest BCUT2D eigenvalue weighted by Gasteiger charge is -2.33. The molecule has 0 radical (unpaired) electrons. The molecule has 0 N–H and O–H groups in total. The van der Waals surface area contributed by atoms with E-state index in [1.165, 1.54) is 34.5 Å². The van der Waals surface area contributed by atoms with Crippen molar-refractivity contribution in [3.05, 3.63) is 95.6 Å². The Bertz CT molecular complexity index is 1170. The van der Waals surface area contributed by atoms with Crippen LogP contribution in [-0.4, -0.2) is 34.7 Å². The van der Waals surface area contributed by atoms with Gasteiger partial charge in [-0.1, -0.05) is 54.6 Å². The van der Waals surface area contributed by atoms with E-state index in [0.717, 1.165) is 30.5 Å². The average Bonchev–Trinajstić information content (AvgIpc) is 3.29. The first kappa shape index (κ1) is 19.2. The molecule has 3 aliphatic rings. The molecule has 2 atom stereocenters. The molecule has 2 aliphatic heterocycles. The minimum absolute atomic E-state index is 0.00579. The summed E-state index contributed by atoms with van der Waals surface area (Å²) in [4.78, 5) is 19.2. The van der Waals surface area contributed by atoms with Gasteiger partial charge in [-0.05, 0) is 59.2 Å². The number of pyridine rings is 1. The summed E-state index contributed by atoms with van der Waals surface area (Å²) in [6.45, 7) is 0.332. The fourth-order valence-electron chi connectivity index (χ4n) is 5.54. The van der Waals surface area contributed by atoms with E-state index >= 15 is 0 Å². The van der Waals surface area contributed by atoms with Crippen molar-refractivity contribution in [1.82, 2.24) is 9.88 Å². The van der Waals surface area contributed by atoms with E-state index in [1.54, 1.807) is 6.07 Å². The number of aromatic nitrogens is 1. The number of hydrogen-bond donors (Lipinski definition) is 0. The quantitative estimate of drug-likeness (QED) is 0.532. The van der Waals surface area contributed by atoms with Crippen LogP contribution in [0, 0.1) is 5.82 Å². The highest BCUT2D eigenvalue weighted by atomic mass is 19.1. The predicted octanol–water partition coefficient (Wildman–Crippen LogP) is 5.79. The maximum Gasteiger partial charge on any atom is 0.410 e. The molecule has 2 bridgehead atoms. The van der Waals surface area contributed by atoms with Crippen LogP contribution >= 0.6 is 0 Å². The van der Waals surface area contributed by atoms with Crippen molar-refractivity contribution in [3.8, 4) is 11.1 Å². The third-order valence-electron chi connectivity index (χ3n) is 7.00. The Balaban J connectivity index is 1.20. The van der Waals surface area contributed by atoms with Crippen molar-refractivity contribution in [2.75, 3.05) is 6.61 Å². The molecule has 1 saturated heterocycles. The summed E-state index contributed by atoms with van der Waals surface area (Å²) in [5, 5.41) is 0. The highest BCUT2D eigenvalue weighted by molar-refractivity contribution is 5.79. The van der Waals surface area contributed by atoms with Crippen LogP contribution in [0.1, 0.15) is 42.0 Å². The molecule has 6 rings (SSSR count). The number of amides is 1. The minimum Gasteiger partial charge on any atom is -0.448 e. The Morgan fingerprint density at radius 1 is 1.00 bits per heavy atom. The van der Waals surface area contributed by atoms with Crippen LogP contribution in [0.15, 0.2) is 72.9 Å². The summed E-state index contributed by atoms with van der Waals surface area (Å²) >= 11 is 0. The van der Waals surface area contributed by atoms with Crippen LogP contribution in [0.4, 0.5) is 9.18 Å². The molecule has 32 heavy (non-hydrogen) atoms. The third-order valence-corrected chi connectivity index (χ3v) is 7.00. The van der Waals surface area contributed by atoms with Gasteiger partial charge < -0.3 is 4.74 Å². The molecule has 1 aliphatic carbocycles. The number of hydrogen-bond acceptors (Lipinski definition) is 3. The number of benzene rings is 2. The SMILES string of the molecule is O=C(OCC1c2ccccc2-c2ccccc21)N1C2C=C(c3ccc(F)cn3)CC1CC2. The Hall–Kier alpha value is -3.47. The molecule has 1 fully saturated rings. The Kier molecular flexibility index (Phi) is 4.56. The third kappa shape index (κ3) is 3.11. The largest absolute Gasteiger partial charge is 0.448 e. The summed E-state index contributed by atoms with van der Waals surface area (Å²) in [6, 6.07) is 20.0. The van der Waals surface area contributed by atoms with Crippen molar-refractivity contribution < 1.29 is 13.9 Å². The van der Waals surface area contributed by atoms with E-state index in [1.807, 2.05) is 17.0 Å². The van der Waals surface area contributed by atoms with Crippen molar-refractivity contribution in [1.29, 1.82) is 0 Å². The number of carbonyl (C=O) groups is 1. The molecular formula is C27H23FN2O2. The number of carbonyl (C=O) groups excluding carboxylic acids is 1. The van der Waals surface area contributed by atoms with Crippen molar-refractivity contribution in [3.63, 3.8) is 0 Å². The van der Waals surface area contributed by atoms with Crippen LogP contribution in [0.5, 0.6) is 0 Å². The summed E-state index contributed by atoms with van der Waals surface area (Å²) < 4.78 is 19.1. The monoisotopic (exact) mass is 426 g/mol. The molecule has 3 heterocycles. The zero-order valence-electron chi connectivity index (χ0n) is 17.6.